The van der Waals surface area contributed by atoms with Gasteiger partial charge in [0.1, 0.15) is 11.6 Å². The fourth-order valence-corrected chi connectivity index (χ4v) is 2.30. The first-order valence-corrected chi connectivity index (χ1v) is 7.07. The van der Waals surface area contributed by atoms with Crippen molar-refractivity contribution in [2.24, 2.45) is 7.05 Å². The molecule has 1 unspecified atom stereocenters. The van der Waals surface area contributed by atoms with E-state index in [1.54, 1.807) is 12.3 Å². The second kappa shape index (κ2) is 6.66. The van der Waals surface area contributed by atoms with Gasteiger partial charge >= 0.3 is 0 Å². The molecule has 20 heavy (non-hydrogen) atoms. The van der Waals surface area contributed by atoms with Gasteiger partial charge in [-0.25, -0.2) is 9.37 Å². The summed E-state index contributed by atoms with van der Waals surface area (Å²) >= 11 is 0. The van der Waals surface area contributed by atoms with E-state index in [4.69, 9.17) is 0 Å². The number of halogens is 1. The predicted octanol–water partition coefficient (Wildman–Crippen LogP) is 3.15. The maximum absolute atomic E-state index is 14.2. The molecule has 3 nitrogen and oxygen atoms in total. The van der Waals surface area contributed by atoms with Crippen molar-refractivity contribution in [1.29, 1.82) is 0 Å². The monoisotopic (exact) mass is 275 g/mol. The van der Waals surface area contributed by atoms with Crippen LogP contribution in [-0.2, 0) is 13.5 Å². The van der Waals surface area contributed by atoms with Crippen LogP contribution in [0.1, 0.15) is 36.3 Å². The van der Waals surface area contributed by atoms with Crippen molar-refractivity contribution in [3.8, 4) is 0 Å². The molecule has 0 fully saturated rings. The van der Waals surface area contributed by atoms with Crippen LogP contribution in [0.2, 0.25) is 0 Å². The highest BCUT2D eigenvalue weighted by Crippen LogP contribution is 2.21. The van der Waals surface area contributed by atoms with Crippen molar-refractivity contribution in [2.45, 2.75) is 32.7 Å². The van der Waals surface area contributed by atoms with E-state index in [9.17, 15) is 4.39 Å². The van der Waals surface area contributed by atoms with Gasteiger partial charge in [-0.15, -0.1) is 0 Å². The van der Waals surface area contributed by atoms with E-state index in [1.807, 2.05) is 36.9 Å². The van der Waals surface area contributed by atoms with Crippen LogP contribution in [0.4, 0.5) is 4.39 Å². The molecular weight excluding hydrogens is 253 g/mol. The number of nitrogens with zero attached hydrogens (tertiary/aromatic N) is 2. The molecule has 0 saturated carbocycles. The number of aromatic nitrogens is 2. The van der Waals surface area contributed by atoms with E-state index < -0.39 is 0 Å². The largest absolute Gasteiger partial charge is 0.338 e. The SMILES string of the molecule is CCCNC(Cc1nccn1C)c1ccc(C)cc1F. The van der Waals surface area contributed by atoms with Crippen LogP contribution in [0.15, 0.2) is 30.6 Å². The minimum Gasteiger partial charge on any atom is -0.338 e. The van der Waals surface area contributed by atoms with Gasteiger partial charge in [0.2, 0.25) is 0 Å². The zero-order valence-electron chi connectivity index (χ0n) is 12.4. The summed E-state index contributed by atoms with van der Waals surface area (Å²) in [6.45, 7) is 4.87. The molecule has 0 bridgehead atoms. The number of rotatable bonds is 6. The number of aryl methyl sites for hydroxylation is 2. The van der Waals surface area contributed by atoms with Gasteiger partial charge in [0.05, 0.1) is 0 Å². The summed E-state index contributed by atoms with van der Waals surface area (Å²) in [6.07, 6.45) is 5.39. The molecule has 108 valence electrons. The Morgan fingerprint density at radius 3 is 2.80 bits per heavy atom. The lowest BCUT2D eigenvalue weighted by atomic mass is 10.0. The standard InChI is InChI=1S/C16H22FN3/c1-4-7-18-15(11-16-19-8-9-20(16)3)13-6-5-12(2)10-14(13)17/h5-6,8-10,15,18H,4,7,11H2,1-3H3. The zero-order valence-corrected chi connectivity index (χ0v) is 12.4. The Morgan fingerprint density at radius 2 is 2.20 bits per heavy atom. The molecule has 0 amide bonds. The minimum atomic E-state index is -0.146. The molecule has 1 N–H and O–H groups in total. The third-order valence-corrected chi connectivity index (χ3v) is 3.48. The number of imidazole rings is 1. The molecule has 0 radical (unpaired) electrons. The van der Waals surface area contributed by atoms with E-state index in [0.29, 0.717) is 12.0 Å². The average Bonchev–Trinajstić information content (AvgIpc) is 2.80. The van der Waals surface area contributed by atoms with Gasteiger partial charge in [0.25, 0.3) is 0 Å². The lowest BCUT2D eigenvalue weighted by Gasteiger charge is -2.19. The van der Waals surface area contributed by atoms with E-state index in [1.165, 1.54) is 0 Å². The van der Waals surface area contributed by atoms with E-state index in [0.717, 1.165) is 24.4 Å². The van der Waals surface area contributed by atoms with Gasteiger partial charge in [-0.05, 0) is 31.5 Å². The second-order valence-corrected chi connectivity index (χ2v) is 5.19. The topological polar surface area (TPSA) is 29.9 Å². The maximum Gasteiger partial charge on any atom is 0.128 e. The predicted molar refractivity (Wildman–Crippen MR) is 79.1 cm³/mol. The highest BCUT2D eigenvalue weighted by atomic mass is 19.1. The first kappa shape index (κ1) is 14.7. The van der Waals surface area contributed by atoms with Gasteiger partial charge in [0.15, 0.2) is 0 Å². The highest BCUT2D eigenvalue weighted by molar-refractivity contribution is 5.27. The molecule has 1 atom stereocenters. The highest BCUT2D eigenvalue weighted by Gasteiger charge is 2.17. The Hall–Kier alpha value is -1.68. The molecular formula is C16H22FN3. The lowest BCUT2D eigenvalue weighted by molar-refractivity contribution is 0.484. The van der Waals surface area contributed by atoms with E-state index in [2.05, 4.69) is 17.2 Å². The lowest BCUT2D eigenvalue weighted by Crippen LogP contribution is -2.26. The first-order chi connectivity index (χ1) is 9.61. The summed E-state index contributed by atoms with van der Waals surface area (Å²) in [7, 11) is 1.96. The van der Waals surface area contributed by atoms with Gasteiger partial charge in [0, 0.05) is 37.5 Å². The summed E-state index contributed by atoms with van der Waals surface area (Å²) < 4.78 is 16.2. The molecule has 1 aromatic carbocycles. The van der Waals surface area contributed by atoms with Crippen LogP contribution in [0.3, 0.4) is 0 Å². The molecule has 1 heterocycles. The Kier molecular flexibility index (Phi) is 4.90. The van der Waals surface area contributed by atoms with Crippen LogP contribution in [0.25, 0.3) is 0 Å². The normalized spacial score (nSPS) is 12.6. The van der Waals surface area contributed by atoms with Crippen molar-refractivity contribution >= 4 is 0 Å². The Bertz CT molecular complexity index is 563. The molecule has 2 rings (SSSR count). The smallest absolute Gasteiger partial charge is 0.128 e. The molecule has 2 aromatic rings. The Balaban J connectivity index is 2.24. The number of benzene rings is 1. The molecule has 0 aliphatic heterocycles. The Labute approximate surface area is 119 Å². The molecule has 1 aromatic heterocycles. The van der Waals surface area contributed by atoms with Gasteiger partial charge in [-0.2, -0.15) is 0 Å². The molecule has 4 heteroatoms. The summed E-state index contributed by atoms with van der Waals surface area (Å²) in [5.41, 5.74) is 1.66. The molecule has 0 spiro atoms. The van der Waals surface area contributed by atoms with E-state index in [-0.39, 0.29) is 11.9 Å². The number of hydrogen-bond acceptors (Lipinski definition) is 2. The number of nitrogens with one attached hydrogen (secondary N) is 1. The average molecular weight is 275 g/mol. The van der Waals surface area contributed by atoms with Crippen molar-refractivity contribution in [1.82, 2.24) is 14.9 Å². The molecule has 0 aliphatic carbocycles. The van der Waals surface area contributed by atoms with Gasteiger partial charge < -0.3 is 9.88 Å². The third-order valence-electron chi connectivity index (χ3n) is 3.48. The van der Waals surface area contributed by atoms with Crippen molar-refractivity contribution in [2.75, 3.05) is 6.54 Å². The van der Waals surface area contributed by atoms with Crippen LogP contribution in [0.5, 0.6) is 0 Å². The van der Waals surface area contributed by atoms with Crippen molar-refractivity contribution in [3.63, 3.8) is 0 Å². The minimum absolute atomic E-state index is 0.0448. The quantitative estimate of drug-likeness (QED) is 0.877. The fourth-order valence-electron chi connectivity index (χ4n) is 2.30. The summed E-state index contributed by atoms with van der Waals surface area (Å²) in [5.74, 6) is 0.811. The summed E-state index contributed by atoms with van der Waals surface area (Å²) in [6, 6.07) is 5.38. The van der Waals surface area contributed by atoms with Crippen molar-refractivity contribution < 1.29 is 4.39 Å². The maximum atomic E-state index is 14.2. The number of hydrogen-bond donors (Lipinski definition) is 1. The second-order valence-electron chi connectivity index (χ2n) is 5.19. The molecule has 0 aliphatic rings. The van der Waals surface area contributed by atoms with Crippen LogP contribution in [0, 0.1) is 12.7 Å². The van der Waals surface area contributed by atoms with Gasteiger partial charge in [-0.3, -0.25) is 0 Å². The first-order valence-electron chi connectivity index (χ1n) is 7.07. The van der Waals surface area contributed by atoms with Crippen LogP contribution in [-0.4, -0.2) is 16.1 Å². The van der Waals surface area contributed by atoms with Crippen molar-refractivity contribution in [3.05, 3.63) is 53.4 Å². The Morgan fingerprint density at radius 1 is 1.40 bits per heavy atom. The third kappa shape index (κ3) is 3.45. The molecule has 0 saturated heterocycles. The van der Waals surface area contributed by atoms with Gasteiger partial charge in [-0.1, -0.05) is 19.1 Å². The zero-order chi connectivity index (χ0) is 14.5. The van der Waals surface area contributed by atoms with E-state index >= 15 is 0 Å². The van der Waals surface area contributed by atoms with Crippen LogP contribution < -0.4 is 5.32 Å². The summed E-state index contributed by atoms with van der Waals surface area (Å²) in [4.78, 5) is 4.34. The van der Waals surface area contributed by atoms with Crippen LogP contribution >= 0.6 is 0 Å². The fraction of sp³-hybridized carbons (Fsp3) is 0.438. The summed E-state index contributed by atoms with van der Waals surface area (Å²) in [5, 5.41) is 3.42.